The minimum Gasteiger partial charge on any atom is -0.456 e. The number of rotatable bonds is 7. The van der Waals surface area contributed by atoms with Gasteiger partial charge in [0.15, 0.2) is 0 Å². The Hall–Kier alpha value is -10.2. The molecule has 0 fully saturated rings. The van der Waals surface area contributed by atoms with E-state index in [2.05, 4.69) is 280 Å². The van der Waals surface area contributed by atoms with Crippen molar-refractivity contribution in [3.8, 4) is 61.3 Å². The summed E-state index contributed by atoms with van der Waals surface area (Å²) in [5, 5.41) is 7.21. The van der Waals surface area contributed by atoms with Crippen LogP contribution in [0.2, 0.25) is 0 Å². The van der Waals surface area contributed by atoms with Crippen molar-refractivity contribution in [1.29, 1.82) is 0 Å². The van der Waals surface area contributed by atoms with Gasteiger partial charge in [-0.2, -0.15) is 0 Å². The Balaban J connectivity index is 0.736. The van der Waals surface area contributed by atoms with Crippen LogP contribution in [0.15, 0.2) is 264 Å². The SMILES string of the molecule is CC1(C)c2cc(-c3ccc4oc5ccccc5c4c3)ccc2-c2ccc(N(c3ccc(-c4ccc(-n5c6ccccc6c6ccccc65)cc4)cc3)c3ccc(-c4ccc5c(c4)C(C)(C)c4c-5ccc5oc6ccccc6c45)cc3)cc21. The molecule has 0 saturated heterocycles. The van der Waals surface area contributed by atoms with Gasteiger partial charge in [-0.05, 0) is 181 Å². The molecule has 0 saturated carbocycles. The first-order chi connectivity index (χ1) is 40.1. The highest BCUT2D eigenvalue weighted by Crippen LogP contribution is 2.55. The second-order valence-corrected chi connectivity index (χ2v) is 23.6. The average molecular weight is 1050 g/mol. The van der Waals surface area contributed by atoms with Gasteiger partial charge >= 0.3 is 0 Å². The van der Waals surface area contributed by atoms with E-state index in [0.29, 0.717) is 0 Å². The molecule has 0 amide bonds. The Morgan fingerprint density at radius 3 is 1.38 bits per heavy atom. The van der Waals surface area contributed by atoms with Crippen LogP contribution in [-0.4, -0.2) is 4.57 Å². The van der Waals surface area contributed by atoms with Crippen LogP contribution in [0.1, 0.15) is 49.9 Å². The summed E-state index contributed by atoms with van der Waals surface area (Å²) in [6, 6.07) is 93.7. The van der Waals surface area contributed by atoms with Gasteiger partial charge in [0.2, 0.25) is 0 Å². The van der Waals surface area contributed by atoms with E-state index in [-0.39, 0.29) is 10.8 Å². The van der Waals surface area contributed by atoms with Gasteiger partial charge in [0.05, 0.1) is 11.0 Å². The minimum atomic E-state index is -0.259. The largest absolute Gasteiger partial charge is 0.456 e. The highest BCUT2D eigenvalue weighted by molar-refractivity contribution is 6.12. The van der Waals surface area contributed by atoms with Gasteiger partial charge in [0.25, 0.3) is 0 Å². The molecule has 17 rings (SSSR count). The number of furan rings is 2. The smallest absolute Gasteiger partial charge is 0.135 e. The third kappa shape index (κ3) is 6.79. The van der Waals surface area contributed by atoms with Gasteiger partial charge in [-0.3, -0.25) is 0 Å². The highest BCUT2D eigenvalue weighted by Gasteiger charge is 2.39. The van der Waals surface area contributed by atoms with Crippen LogP contribution in [0.3, 0.4) is 0 Å². The number of para-hydroxylation sites is 4. The third-order valence-corrected chi connectivity index (χ3v) is 18.4. The molecular formula is C78H54N2O2. The molecule has 0 aliphatic heterocycles. The van der Waals surface area contributed by atoms with E-state index in [1.165, 1.54) is 105 Å². The lowest BCUT2D eigenvalue weighted by molar-refractivity contribution is 0.657. The summed E-state index contributed by atoms with van der Waals surface area (Å²) in [5.74, 6) is 0. The maximum Gasteiger partial charge on any atom is 0.135 e. The van der Waals surface area contributed by atoms with Crippen LogP contribution in [0.25, 0.3) is 127 Å². The summed E-state index contributed by atoms with van der Waals surface area (Å²) < 4.78 is 15.0. The molecule has 388 valence electrons. The molecule has 15 aromatic rings. The fraction of sp³-hybridized carbons (Fsp3) is 0.0769. The van der Waals surface area contributed by atoms with Crippen molar-refractivity contribution in [3.05, 3.63) is 277 Å². The Labute approximate surface area is 475 Å². The van der Waals surface area contributed by atoms with Crippen molar-refractivity contribution >= 4 is 82.7 Å². The monoisotopic (exact) mass is 1050 g/mol. The lowest BCUT2D eigenvalue weighted by Gasteiger charge is -2.28. The van der Waals surface area contributed by atoms with Crippen molar-refractivity contribution in [2.75, 3.05) is 4.90 Å². The number of hydrogen-bond acceptors (Lipinski definition) is 3. The fourth-order valence-corrected chi connectivity index (χ4v) is 14.3. The van der Waals surface area contributed by atoms with E-state index in [4.69, 9.17) is 8.83 Å². The van der Waals surface area contributed by atoms with Crippen LogP contribution in [0.5, 0.6) is 0 Å². The standard InChI is InChI=1S/C78H54N2O2/c1-77(2)66-45-52(50-29-41-73-65(43-50)62-15-7-11-19-71(62)81-73)28-37-57(66)58-39-36-56(46-68(58)77)79(53-30-21-47(22-31-53)48-23-34-55(35-24-48)80-69-17-9-5-13-60(69)61-14-6-10-18-70(61)80)54-32-25-49(26-33-54)51-27-38-59-63-40-42-74-75(64-16-8-12-20-72(64)82-74)76(63)78(3,4)67(59)44-51/h5-46H,1-4H3. The van der Waals surface area contributed by atoms with Crippen LogP contribution in [0.4, 0.5) is 17.1 Å². The Morgan fingerprint density at radius 2 is 0.720 bits per heavy atom. The summed E-state index contributed by atoms with van der Waals surface area (Å²) >= 11 is 0. The van der Waals surface area contributed by atoms with Gasteiger partial charge in [0, 0.05) is 65.9 Å². The first kappa shape index (κ1) is 46.7. The molecule has 12 aromatic carbocycles. The number of aromatic nitrogens is 1. The molecule has 2 aliphatic carbocycles. The van der Waals surface area contributed by atoms with E-state index in [1.54, 1.807) is 0 Å². The summed E-state index contributed by atoms with van der Waals surface area (Å²) in [5.41, 5.74) is 27.7. The van der Waals surface area contributed by atoms with Crippen LogP contribution < -0.4 is 4.90 Å². The summed E-state index contributed by atoms with van der Waals surface area (Å²) in [7, 11) is 0. The van der Waals surface area contributed by atoms with Crippen LogP contribution >= 0.6 is 0 Å². The van der Waals surface area contributed by atoms with Crippen LogP contribution in [-0.2, 0) is 10.8 Å². The van der Waals surface area contributed by atoms with Crippen molar-refractivity contribution < 1.29 is 8.83 Å². The minimum absolute atomic E-state index is 0.226. The molecule has 0 bridgehead atoms. The summed E-state index contributed by atoms with van der Waals surface area (Å²) in [6.45, 7) is 9.51. The predicted molar refractivity (Wildman–Crippen MR) is 341 cm³/mol. The molecular weight excluding hydrogens is 997 g/mol. The lowest BCUT2D eigenvalue weighted by Crippen LogP contribution is -2.16. The molecule has 0 radical (unpaired) electrons. The Bertz CT molecular complexity index is 5090. The molecule has 4 nitrogen and oxygen atoms in total. The topological polar surface area (TPSA) is 34.5 Å². The second kappa shape index (κ2) is 17.2. The van der Waals surface area contributed by atoms with Gasteiger partial charge in [-0.25, -0.2) is 0 Å². The second-order valence-electron chi connectivity index (χ2n) is 23.6. The Kier molecular flexibility index (Phi) is 9.79. The van der Waals surface area contributed by atoms with E-state index >= 15 is 0 Å². The van der Waals surface area contributed by atoms with Gasteiger partial charge < -0.3 is 18.3 Å². The number of nitrogens with zero attached hydrogens (tertiary/aromatic N) is 2. The van der Waals surface area contributed by atoms with E-state index in [0.717, 1.165) is 61.4 Å². The van der Waals surface area contributed by atoms with Crippen molar-refractivity contribution in [2.45, 2.75) is 38.5 Å². The first-order valence-corrected chi connectivity index (χ1v) is 28.5. The maximum atomic E-state index is 6.40. The molecule has 2 aliphatic rings. The van der Waals surface area contributed by atoms with Crippen LogP contribution in [0, 0.1) is 0 Å². The lowest BCUT2D eigenvalue weighted by atomic mass is 9.80. The molecule has 4 heteroatoms. The Morgan fingerprint density at radius 1 is 0.305 bits per heavy atom. The first-order valence-electron chi connectivity index (χ1n) is 28.5. The predicted octanol–water partition coefficient (Wildman–Crippen LogP) is 21.7. The van der Waals surface area contributed by atoms with Crippen molar-refractivity contribution in [3.63, 3.8) is 0 Å². The molecule has 3 heterocycles. The quantitative estimate of drug-likeness (QED) is 0.160. The number of hydrogen-bond donors (Lipinski definition) is 0. The molecule has 82 heavy (non-hydrogen) atoms. The molecule has 0 spiro atoms. The van der Waals surface area contributed by atoms with Crippen molar-refractivity contribution in [2.24, 2.45) is 0 Å². The zero-order valence-corrected chi connectivity index (χ0v) is 46.0. The number of anilines is 3. The summed E-state index contributed by atoms with van der Waals surface area (Å²) in [6.07, 6.45) is 0. The molecule has 0 N–H and O–H groups in total. The molecule has 3 aromatic heterocycles. The highest BCUT2D eigenvalue weighted by atomic mass is 16.3. The molecule has 0 unspecified atom stereocenters. The zero-order valence-electron chi connectivity index (χ0n) is 46.0. The number of fused-ring (bicyclic) bond motifs is 16. The van der Waals surface area contributed by atoms with Gasteiger partial charge in [0.1, 0.15) is 22.3 Å². The summed E-state index contributed by atoms with van der Waals surface area (Å²) in [4.78, 5) is 2.43. The van der Waals surface area contributed by atoms with Crippen molar-refractivity contribution in [1.82, 2.24) is 4.57 Å². The van der Waals surface area contributed by atoms with Gasteiger partial charge in [-0.15, -0.1) is 0 Å². The van der Waals surface area contributed by atoms with E-state index < -0.39 is 0 Å². The normalized spacial score (nSPS) is 13.8. The maximum absolute atomic E-state index is 6.40. The van der Waals surface area contributed by atoms with E-state index in [1.807, 2.05) is 12.1 Å². The van der Waals surface area contributed by atoms with Gasteiger partial charge in [-0.1, -0.05) is 179 Å². The third-order valence-electron chi connectivity index (χ3n) is 18.4. The molecule has 0 atom stereocenters. The van der Waals surface area contributed by atoms with E-state index in [9.17, 15) is 0 Å². The average Bonchev–Trinajstić information content (AvgIpc) is 3.18. The number of benzene rings is 12. The fourth-order valence-electron chi connectivity index (χ4n) is 14.3. The zero-order chi connectivity index (χ0) is 54.6.